The van der Waals surface area contributed by atoms with E-state index in [-0.39, 0.29) is 18.9 Å². The van der Waals surface area contributed by atoms with Crippen molar-refractivity contribution in [2.75, 3.05) is 11.4 Å². The van der Waals surface area contributed by atoms with Crippen molar-refractivity contribution in [1.82, 2.24) is 4.98 Å². The third-order valence-corrected chi connectivity index (χ3v) is 5.95. The molecule has 0 saturated carbocycles. The molecule has 1 fully saturated rings. The van der Waals surface area contributed by atoms with E-state index in [2.05, 4.69) is 20.9 Å². The molecule has 3 aromatic carbocycles. The van der Waals surface area contributed by atoms with Crippen LogP contribution in [0.5, 0.6) is 0 Å². The molecule has 6 nitrogen and oxygen atoms in total. The Labute approximate surface area is 173 Å². The number of hydrogen-bond donors (Lipinski definition) is 1. The van der Waals surface area contributed by atoms with Crippen LogP contribution >= 0.6 is 15.9 Å². The van der Waals surface area contributed by atoms with Crippen LogP contribution in [-0.2, 0) is 9.59 Å². The number of amides is 1. The molecule has 1 aliphatic heterocycles. The van der Waals surface area contributed by atoms with Crippen LogP contribution in [0, 0.1) is 5.92 Å². The number of carbonyl (C=O) groups is 2. The number of carbonyl (C=O) groups excluding carboxylic acids is 1. The zero-order chi connectivity index (χ0) is 20.1. The predicted molar refractivity (Wildman–Crippen MR) is 113 cm³/mol. The van der Waals surface area contributed by atoms with Crippen LogP contribution < -0.4 is 4.90 Å². The van der Waals surface area contributed by atoms with Gasteiger partial charge in [0.05, 0.1) is 5.92 Å². The molecular formula is C22H15BrN2O4. The van der Waals surface area contributed by atoms with Crippen LogP contribution in [0.25, 0.3) is 33.3 Å². The Balaban J connectivity index is 1.57. The first-order valence-electron chi connectivity index (χ1n) is 9.12. The number of fused-ring (bicyclic) bond motifs is 2. The van der Waals surface area contributed by atoms with Crippen LogP contribution in [0.3, 0.4) is 0 Å². The highest BCUT2D eigenvalue weighted by Crippen LogP contribution is 2.35. The van der Waals surface area contributed by atoms with Gasteiger partial charge < -0.3 is 14.4 Å². The quantitative estimate of drug-likeness (QED) is 0.482. The highest BCUT2D eigenvalue weighted by atomic mass is 79.9. The normalized spacial score (nSPS) is 16.8. The van der Waals surface area contributed by atoms with Crippen LogP contribution in [0.15, 0.2) is 63.5 Å². The maximum atomic E-state index is 12.2. The smallest absolute Gasteiger partial charge is 0.308 e. The van der Waals surface area contributed by atoms with Gasteiger partial charge >= 0.3 is 5.97 Å². The minimum Gasteiger partial charge on any atom is -0.481 e. The van der Waals surface area contributed by atoms with Crippen molar-refractivity contribution >= 4 is 55.4 Å². The number of carboxylic acid groups (broad SMARTS) is 1. The third kappa shape index (κ3) is 2.98. The van der Waals surface area contributed by atoms with Gasteiger partial charge in [-0.2, -0.15) is 0 Å². The molecule has 5 rings (SSSR count). The molecule has 1 atom stereocenters. The van der Waals surface area contributed by atoms with E-state index in [1.165, 1.54) is 4.90 Å². The molecule has 7 heteroatoms. The van der Waals surface area contributed by atoms with Crippen molar-refractivity contribution in [3.63, 3.8) is 0 Å². The van der Waals surface area contributed by atoms with E-state index in [0.717, 1.165) is 20.8 Å². The highest BCUT2D eigenvalue weighted by molar-refractivity contribution is 9.10. The standard InChI is InChI=1S/C22H15BrN2O4/c23-17-6-2-3-14-15(17)4-1-5-16(14)21-24-18-8-7-13(10-19(18)29-21)25-11-12(22(27)28)9-20(25)26/h1-8,10,12H,9,11H2,(H,27,28)/t12-/m1/s1. The number of rotatable bonds is 3. The van der Waals surface area contributed by atoms with E-state index in [4.69, 9.17) is 4.42 Å². The summed E-state index contributed by atoms with van der Waals surface area (Å²) in [6.07, 6.45) is 0.0138. The summed E-state index contributed by atoms with van der Waals surface area (Å²) in [6, 6.07) is 17.2. The second kappa shape index (κ2) is 6.70. The van der Waals surface area contributed by atoms with Gasteiger partial charge in [-0.15, -0.1) is 0 Å². The summed E-state index contributed by atoms with van der Waals surface area (Å²) in [5, 5.41) is 11.3. The third-order valence-electron chi connectivity index (χ3n) is 5.26. The lowest BCUT2D eigenvalue weighted by Gasteiger charge is -2.15. The fourth-order valence-electron chi connectivity index (χ4n) is 3.78. The molecule has 1 saturated heterocycles. The summed E-state index contributed by atoms with van der Waals surface area (Å²) in [5.41, 5.74) is 2.73. The lowest BCUT2D eigenvalue weighted by Crippen LogP contribution is -2.25. The number of oxazole rings is 1. The second-order valence-corrected chi connectivity index (χ2v) is 7.91. The fraction of sp³-hybridized carbons (Fsp3) is 0.136. The van der Waals surface area contributed by atoms with Crippen molar-refractivity contribution in [1.29, 1.82) is 0 Å². The van der Waals surface area contributed by atoms with Crippen LogP contribution in [0.1, 0.15) is 6.42 Å². The summed E-state index contributed by atoms with van der Waals surface area (Å²) in [5.74, 6) is -1.34. The monoisotopic (exact) mass is 450 g/mol. The van der Waals surface area contributed by atoms with Crippen molar-refractivity contribution in [2.45, 2.75) is 6.42 Å². The predicted octanol–water partition coefficient (Wildman–Crippen LogP) is 4.85. The minimum atomic E-state index is -0.953. The Morgan fingerprint density at radius 2 is 1.93 bits per heavy atom. The highest BCUT2D eigenvalue weighted by Gasteiger charge is 2.35. The zero-order valence-electron chi connectivity index (χ0n) is 15.1. The van der Waals surface area contributed by atoms with Gasteiger partial charge in [-0.1, -0.05) is 40.2 Å². The van der Waals surface area contributed by atoms with E-state index in [0.29, 0.717) is 22.7 Å². The number of aromatic nitrogens is 1. The molecule has 1 aromatic heterocycles. The molecule has 1 N–H and O–H groups in total. The van der Waals surface area contributed by atoms with E-state index in [1.54, 1.807) is 18.2 Å². The van der Waals surface area contributed by atoms with Gasteiger partial charge in [0, 0.05) is 34.8 Å². The van der Waals surface area contributed by atoms with Crippen molar-refractivity contribution < 1.29 is 19.1 Å². The van der Waals surface area contributed by atoms with E-state index in [1.807, 2.05) is 36.4 Å². The molecule has 2 heterocycles. The maximum absolute atomic E-state index is 12.2. The van der Waals surface area contributed by atoms with Crippen LogP contribution in [-0.4, -0.2) is 28.5 Å². The van der Waals surface area contributed by atoms with E-state index in [9.17, 15) is 14.7 Å². The topological polar surface area (TPSA) is 83.6 Å². The molecule has 0 aliphatic carbocycles. The Hall–Kier alpha value is -3.19. The van der Waals surface area contributed by atoms with Crippen molar-refractivity contribution in [3.05, 3.63) is 59.1 Å². The molecule has 144 valence electrons. The Bertz CT molecular complexity index is 1300. The molecule has 0 spiro atoms. The summed E-state index contributed by atoms with van der Waals surface area (Å²) >= 11 is 3.58. The first-order chi connectivity index (χ1) is 14.0. The Morgan fingerprint density at radius 1 is 1.14 bits per heavy atom. The number of carboxylic acids is 1. The first-order valence-corrected chi connectivity index (χ1v) is 9.92. The molecule has 0 radical (unpaired) electrons. The Kier molecular flexibility index (Phi) is 4.13. The van der Waals surface area contributed by atoms with E-state index >= 15 is 0 Å². The average Bonchev–Trinajstić information content (AvgIpc) is 3.31. The summed E-state index contributed by atoms with van der Waals surface area (Å²) in [7, 11) is 0. The minimum absolute atomic E-state index is 0.0138. The van der Waals surface area contributed by atoms with Gasteiger partial charge in [-0.05, 0) is 35.0 Å². The van der Waals surface area contributed by atoms with Gasteiger partial charge in [-0.3, -0.25) is 9.59 Å². The SMILES string of the molecule is O=C(O)[C@@H]1CC(=O)N(c2ccc3nc(-c4cccc5c(Br)cccc45)oc3c2)C1. The largest absolute Gasteiger partial charge is 0.481 e. The van der Waals surface area contributed by atoms with Gasteiger partial charge in [0.1, 0.15) is 5.52 Å². The summed E-state index contributed by atoms with van der Waals surface area (Å²) in [6.45, 7) is 0.165. The number of nitrogens with zero attached hydrogens (tertiary/aromatic N) is 2. The average molecular weight is 451 g/mol. The van der Waals surface area contributed by atoms with Crippen LogP contribution in [0.2, 0.25) is 0 Å². The second-order valence-electron chi connectivity index (χ2n) is 7.06. The van der Waals surface area contributed by atoms with Gasteiger partial charge in [-0.25, -0.2) is 4.98 Å². The molecule has 0 bridgehead atoms. The zero-order valence-corrected chi connectivity index (χ0v) is 16.7. The summed E-state index contributed by atoms with van der Waals surface area (Å²) < 4.78 is 7.03. The number of hydrogen-bond acceptors (Lipinski definition) is 4. The molecule has 4 aromatic rings. The fourth-order valence-corrected chi connectivity index (χ4v) is 4.28. The molecule has 0 unspecified atom stereocenters. The summed E-state index contributed by atoms with van der Waals surface area (Å²) in [4.78, 5) is 29.6. The molecule has 29 heavy (non-hydrogen) atoms. The van der Waals surface area contributed by atoms with Crippen molar-refractivity contribution in [2.24, 2.45) is 5.92 Å². The molecule has 1 amide bonds. The molecular weight excluding hydrogens is 436 g/mol. The molecule has 1 aliphatic rings. The lowest BCUT2D eigenvalue weighted by atomic mass is 10.0. The number of anilines is 1. The number of benzene rings is 3. The van der Waals surface area contributed by atoms with E-state index < -0.39 is 11.9 Å². The lowest BCUT2D eigenvalue weighted by molar-refractivity contribution is -0.141. The maximum Gasteiger partial charge on any atom is 0.308 e. The first kappa shape index (κ1) is 17.9. The van der Waals surface area contributed by atoms with Gasteiger partial charge in [0.25, 0.3) is 0 Å². The number of halogens is 1. The number of aliphatic carboxylic acids is 1. The van der Waals surface area contributed by atoms with Crippen molar-refractivity contribution in [3.8, 4) is 11.5 Å². The Morgan fingerprint density at radius 3 is 2.72 bits per heavy atom. The van der Waals surface area contributed by atoms with Gasteiger partial charge in [0.15, 0.2) is 5.58 Å². The van der Waals surface area contributed by atoms with Gasteiger partial charge in [0.2, 0.25) is 11.8 Å². The van der Waals surface area contributed by atoms with Crippen LogP contribution in [0.4, 0.5) is 5.69 Å².